The third kappa shape index (κ3) is 1.87. The van der Waals surface area contributed by atoms with Gasteiger partial charge in [-0.1, -0.05) is 6.08 Å². The van der Waals surface area contributed by atoms with Crippen LogP contribution in [-0.2, 0) is 9.47 Å². The summed E-state index contributed by atoms with van der Waals surface area (Å²) < 4.78 is 11.0. The fourth-order valence-electron chi connectivity index (χ4n) is 1.88. The van der Waals surface area contributed by atoms with Crippen molar-refractivity contribution in [2.45, 2.75) is 25.4 Å². The van der Waals surface area contributed by atoms with Gasteiger partial charge in [-0.2, -0.15) is 0 Å². The Labute approximate surface area is 73.5 Å². The maximum atomic E-state index is 5.64. The highest BCUT2D eigenvalue weighted by molar-refractivity contribution is 4.86. The van der Waals surface area contributed by atoms with Crippen LogP contribution in [-0.4, -0.2) is 25.9 Å². The van der Waals surface area contributed by atoms with Crippen LogP contribution < -0.4 is 0 Å². The van der Waals surface area contributed by atoms with E-state index >= 15 is 0 Å². The Morgan fingerprint density at radius 3 is 2.75 bits per heavy atom. The quantitative estimate of drug-likeness (QED) is 0.590. The van der Waals surface area contributed by atoms with Crippen LogP contribution in [0.5, 0.6) is 0 Å². The zero-order valence-corrected chi connectivity index (χ0v) is 7.29. The van der Waals surface area contributed by atoms with Crippen LogP contribution in [0.2, 0.25) is 0 Å². The molecule has 1 unspecified atom stereocenters. The van der Waals surface area contributed by atoms with Crippen molar-refractivity contribution in [1.29, 1.82) is 0 Å². The summed E-state index contributed by atoms with van der Waals surface area (Å²) in [5.41, 5.74) is 0. The van der Waals surface area contributed by atoms with E-state index in [-0.39, 0.29) is 0 Å². The van der Waals surface area contributed by atoms with Crippen LogP contribution in [0, 0.1) is 12.0 Å². The molecular weight excluding hydrogens is 152 g/mol. The molecule has 0 aliphatic carbocycles. The van der Waals surface area contributed by atoms with Crippen LogP contribution in [0.15, 0.2) is 6.08 Å². The van der Waals surface area contributed by atoms with Gasteiger partial charge in [-0.05, 0) is 31.3 Å². The monoisotopic (exact) mass is 167 g/mol. The van der Waals surface area contributed by atoms with E-state index in [4.69, 9.17) is 9.47 Å². The average Bonchev–Trinajstić information content (AvgIpc) is 2.21. The molecule has 0 aromatic rings. The van der Waals surface area contributed by atoms with Crippen LogP contribution in [0.25, 0.3) is 0 Å². The zero-order valence-electron chi connectivity index (χ0n) is 7.29. The molecule has 0 aromatic heterocycles. The molecule has 0 aromatic carbocycles. The molecule has 2 heteroatoms. The molecule has 0 spiro atoms. The van der Waals surface area contributed by atoms with Gasteiger partial charge in [0.05, 0.1) is 12.7 Å². The van der Waals surface area contributed by atoms with Gasteiger partial charge in [-0.3, -0.25) is 0 Å². The first-order valence-corrected chi connectivity index (χ1v) is 4.71. The lowest BCUT2D eigenvalue weighted by Gasteiger charge is -2.30. The maximum absolute atomic E-state index is 5.64. The molecule has 0 saturated carbocycles. The molecule has 2 nitrogen and oxygen atoms in total. The van der Waals surface area contributed by atoms with E-state index in [1.54, 1.807) is 0 Å². The Hall–Kier alpha value is -0.340. The molecule has 67 valence electrons. The van der Waals surface area contributed by atoms with Crippen molar-refractivity contribution in [2.24, 2.45) is 5.92 Å². The first-order valence-electron chi connectivity index (χ1n) is 4.71. The molecule has 1 radical (unpaired) electrons. The predicted octanol–water partition coefficient (Wildman–Crippen LogP) is 1.56. The van der Waals surface area contributed by atoms with E-state index in [1.165, 1.54) is 0 Å². The average molecular weight is 167 g/mol. The number of ether oxygens (including phenoxy) is 2. The zero-order chi connectivity index (χ0) is 8.23. The normalized spacial score (nSPS) is 32.2. The van der Waals surface area contributed by atoms with Crippen LogP contribution >= 0.6 is 0 Å². The summed E-state index contributed by atoms with van der Waals surface area (Å²) in [6.07, 6.45) is 8.93. The van der Waals surface area contributed by atoms with E-state index in [0.717, 1.165) is 39.1 Å². The molecule has 0 N–H and O–H groups in total. The van der Waals surface area contributed by atoms with Crippen LogP contribution in [0.3, 0.4) is 0 Å². The van der Waals surface area contributed by atoms with Crippen molar-refractivity contribution in [3.8, 4) is 0 Å². The van der Waals surface area contributed by atoms with Gasteiger partial charge in [0.25, 0.3) is 0 Å². The summed E-state index contributed by atoms with van der Waals surface area (Å²) >= 11 is 0. The summed E-state index contributed by atoms with van der Waals surface area (Å²) in [5, 5.41) is 0. The minimum atomic E-state index is 0.416. The van der Waals surface area contributed by atoms with Crippen molar-refractivity contribution in [1.82, 2.24) is 0 Å². The third-order valence-corrected chi connectivity index (χ3v) is 2.65. The predicted molar refractivity (Wildman–Crippen MR) is 45.7 cm³/mol. The fourth-order valence-corrected chi connectivity index (χ4v) is 1.88. The minimum absolute atomic E-state index is 0.416. The maximum Gasteiger partial charge on any atom is 0.0657 e. The lowest BCUT2D eigenvalue weighted by molar-refractivity contribution is -0.0286. The molecule has 2 aliphatic heterocycles. The Kier molecular flexibility index (Phi) is 2.79. The summed E-state index contributed by atoms with van der Waals surface area (Å²) in [5.74, 6) is 0.708. The molecule has 2 heterocycles. The summed E-state index contributed by atoms with van der Waals surface area (Å²) in [7, 11) is 0. The molecule has 0 bridgehead atoms. The van der Waals surface area contributed by atoms with Gasteiger partial charge in [-0.15, -0.1) is 0 Å². The van der Waals surface area contributed by atoms with E-state index in [1.807, 2.05) is 6.08 Å². The van der Waals surface area contributed by atoms with Gasteiger partial charge in [0.15, 0.2) is 0 Å². The van der Waals surface area contributed by atoms with Gasteiger partial charge in [-0.25, -0.2) is 0 Å². The molecule has 2 rings (SSSR count). The fraction of sp³-hybridized carbons (Fsp3) is 0.800. The van der Waals surface area contributed by atoms with E-state index in [2.05, 4.69) is 6.08 Å². The number of hydrogen-bond donors (Lipinski definition) is 0. The standard InChI is InChI=1S/C10H15O2/c1-2-6-12-10(3-1)9-4-7-11-8-5-9/h2,9-10H,3-8H2. The van der Waals surface area contributed by atoms with E-state index in [9.17, 15) is 0 Å². The Balaban J connectivity index is 1.85. The van der Waals surface area contributed by atoms with Gasteiger partial charge < -0.3 is 9.47 Å². The largest absolute Gasteiger partial charge is 0.381 e. The summed E-state index contributed by atoms with van der Waals surface area (Å²) in [6.45, 7) is 2.57. The first kappa shape index (κ1) is 8.27. The van der Waals surface area contributed by atoms with Gasteiger partial charge in [0.1, 0.15) is 0 Å². The Morgan fingerprint density at radius 2 is 2.08 bits per heavy atom. The Bertz CT molecular complexity index is 159. The SMILES string of the molecule is [C]1=CCOC(C2CCOCC2)C1. The minimum Gasteiger partial charge on any atom is -0.381 e. The number of hydrogen-bond acceptors (Lipinski definition) is 2. The highest BCUT2D eigenvalue weighted by atomic mass is 16.5. The third-order valence-electron chi connectivity index (χ3n) is 2.65. The summed E-state index contributed by atoms with van der Waals surface area (Å²) in [6, 6.07) is 0. The van der Waals surface area contributed by atoms with Crippen molar-refractivity contribution < 1.29 is 9.47 Å². The van der Waals surface area contributed by atoms with Crippen LogP contribution in [0.4, 0.5) is 0 Å². The van der Waals surface area contributed by atoms with Crippen LogP contribution in [0.1, 0.15) is 19.3 Å². The molecule has 0 amide bonds. The van der Waals surface area contributed by atoms with Gasteiger partial charge >= 0.3 is 0 Å². The first-order chi connectivity index (χ1) is 5.97. The lowest BCUT2D eigenvalue weighted by atomic mass is 9.91. The van der Waals surface area contributed by atoms with Gasteiger partial charge in [0.2, 0.25) is 0 Å². The van der Waals surface area contributed by atoms with Crippen molar-refractivity contribution in [3.63, 3.8) is 0 Å². The molecule has 12 heavy (non-hydrogen) atoms. The second-order valence-electron chi connectivity index (χ2n) is 3.43. The highest BCUT2D eigenvalue weighted by Gasteiger charge is 2.24. The molecule has 2 aliphatic rings. The molecule has 1 fully saturated rings. The topological polar surface area (TPSA) is 18.5 Å². The van der Waals surface area contributed by atoms with Crippen molar-refractivity contribution in [2.75, 3.05) is 19.8 Å². The van der Waals surface area contributed by atoms with E-state index < -0.39 is 0 Å². The van der Waals surface area contributed by atoms with Gasteiger partial charge in [0, 0.05) is 13.2 Å². The number of rotatable bonds is 1. The second-order valence-corrected chi connectivity index (χ2v) is 3.43. The Morgan fingerprint density at radius 1 is 1.25 bits per heavy atom. The van der Waals surface area contributed by atoms with Crippen molar-refractivity contribution in [3.05, 3.63) is 12.2 Å². The molecule has 1 atom stereocenters. The summed E-state index contributed by atoms with van der Waals surface area (Å²) in [4.78, 5) is 0. The molecular formula is C10H15O2. The highest BCUT2D eigenvalue weighted by Crippen LogP contribution is 2.24. The second kappa shape index (κ2) is 4.06. The van der Waals surface area contributed by atoms with E-state index in [0.29, 0.717) is 12.0 Å². The smallest absolute Gasteiger partial charge is 0.0657 e. The van der Waals surface area contributed by atoms with Crippen molar-refractivity contribution >= 4 is 0 Å². The lowest BCUT2D eigenvalue weighted by Crippen LogP contribution is -2.30. The molecule has 1 saturated heterocycles.